The predicted octanol–water partition coefficient (Wildman–Crippen LogP) is 2.99. The minimum absolute atomic E-state index is 0.0727. The van der Waals surface area contributed by atoms with Crippen molar-refractivity contribution in [3.05, 3.63) is 53.1 Å². The van der Waals surface area contributed by atoms with E-state index in [0.29, 0.717) is 22.9 Å². The number of amides is 1. The Kier molecular flexibility index (Phi) is 5.46. The van der Waals surface area contributed by atoms with Crippen molar-refractivity contribution in [3.63, 3.8) is 0 Å². The van der Waals surface area contributed by atoms with Crippen LogP contribution in [-0.2, 0) is 4.79 Å². The molecule has 5 nitrogen and oxygen atoms in total. The second kappa shape index (κ2) is 7.76. The highest BCUT2D eigenvalue weighted by Gasteiger charge is 2.19. The summed E-state index contributed by atoms with van der Waals surface area (Å²) in [6.45, 7) is 5.99. The van der Waals surface area contributed by atoms with Crippen LogP contribution in [0.5, 0.6) is 0 Å². The van der Waals surface area contributed by atoms with Crippen LogP contribution in [0, 0.1) is 6.92 Å². The number of nitrogens with one attached hydrogen (secondary N) is 1. The molecule has 0 atom stereocenters. The van der Waals surface area contributed by atoms with Crippen molar-refractivity contribution < 1.29 is 4.79 Å². The molecule has 1 heterocycles. The van der Waals surface area contributed by atoms with E-state index >= 15 is 0 Å². The predicted molar refractivity (Wildman–Crippen MR) is 104 cm³/mol. The first-order chi connectivity index (χ1) is 12.0. The van der Waals surface area contributed by atoms with E-state index in [0.717, 1.165) is 26.2 Å². The minimum Gasteiger partial charge on any atom is -0.399 e. The Bertz CT molecular complexity index is 757. The summed E-state index contributed by atoms with van der Waals surface area (Å²) in [4.78, 5) is 16.8. The van der Waals surface area contributed by atoms with Gasteiger partial charge >= 0.3 is 0 Å². The van der Waals surface area contributed by atoms with E-state index in [9.17, 15) is 4.79 Å². The number of benzene rings is 2. The van der Waals surface area contributed by atoms with Crippen LogP contribution in [-0.4, -0.2) is 43.5 Å². The number of hydrogen-bond acceptors (Lipinski definition) is 4. The molecule has 25 heavy (non-hydrogen) atoms. The molecular weight excluding hydrogens is 336 g/mol. The quantitative estimate of drug-likeness (QED) is 0.825. The molecule has 0 bridgehead atoms. The average Bonchev–Trinajstić information content (AvgIpc) is 2.59. The van der Waals surface area contributed by atoms with E-state index < -0.39 is 0 Å². The number of anilines is 3. The number of hydrogen-bond donors (Lipinski definition) is 2. The molecule has 1 saturated heterocycles. The molecule has 2 aromatic rings. The van der Waals surface area contributed by atoms with Crippen LogP contribution in [0.4, 0.5) is 17.1 Å². The summed E-state index contributed by atoms with van der Waals surface area (Å²) in [6, 6.07) is 13.6. The number of carbonyl (C=O) groups is 1. The van der Waals surface area contributed by atoms with Gasteiger partial charge in [0.1, 0.15) is 0 Å². The van der Waals surface area contributed by atoms with Crippen molar-refractivity contribution in [2.75, 3.05) is 48.7 Å². The molecule has 0 unspecified atom stereocenters. The van der Waals surface area contributed by atoms with Gasteiger partial charge in [-0.2, -0.15) is 0 Å². The van der Waals surface area contributed by atoms with Gasteiger partial charge in [0.2, 0.25) is 5.91 Å². The zero-order valence-electron chi connectivity index (χ0n) is 14.3. The third-order valence-corrected chi connectivity index (χ3v) is 4.70. The molecule has 1 amide bonds. The Hall–Kier alpha value is -2.24. The molecular formula is C19H23ClN4O. The highest BCUT2D eigenvalue weighted by molar-refractivity contribution is 6.33. The van der Waals surface area contributed by atoms with Crippen molar-refractivity contribution in [1.29, 1.82) is 0 Å². The van der Waals surface area contributed by atoms with E-state index in [1.165, 1.54) is 11.3 Å². The lowest BCUT2D eigenvalue weighted by molar-refractivity contribution is -0.117. The summed E-state index contributed by atoms with van der Waals surface area (Å²) in [5.41, 5.74) is 9.39. The van der Waals surface area contributed by atoms with E-state index in [-0.39, 0.29) is 5.91 Å². The lowest BCUT2D eigenvalue weighted by Crippen LogP contribution is -2.48. The van der Waals surface area contributed by atoms with Gasteiger partial charge in [-0.1, -0.05) is 23.7 Å². The molecule has 132 valence electrons. The summed E-state index contributed by atoms with van der Waals surface area (Å²) < 4.78 is 0. The zero-order chi connectivity index (χ0) is 17.8. The second-order valence-electron chi connectivity index (χ2n) is 6.39. The summed E-state index contributed by atoms with van der Waals surface area (Å²) >= 11 is 6.09. The molecule has 1 fully saturated rings. The summed E-state index contributed by atoms with van der Waals surface area (Å²) in [6.07, 6.45) is 0. The van der Waals surface area contributed by atoms with Crippen LogP contribution in [0.25, 0.3) is 0 Å². The van der Waals surface area contributed by atoms with Gasteiger partial charge in [-0.3, -0.25) is 9.69 Å². The number of piperazine rings is 1. The molecule has 0 aromatic heterocycles. The standard InChI is InChI=1S/C19H23ClN4O/c1-14-3-2-4-16(11-14)24-9-7-23(8-10-24)13-19(25)22-18-12-15(21)5-6-17(18)20/h2-6,11-12H,7-10,13,21H2,1H3,(H,22,25). The van der Waals surface area contributed by atoms with Crippen molar-refractivity contribution >= 4 is 34.6 Å². The Labute approximate surface area is 153 Å². The number of aryl methyl sites for hydroxylation is 1. The fraction of sp³-hybridized carbons (Fsp3) is 0.316. The molecule has 1 aliphatic rings. The second-order valence-corrected chi connectivity index (χ2v) is 6.80. The van der Waals surface area contributed by atoms with E-state index in [1.54, 1.807) is 18.2 Å². The molecule has 0 saturated carbocycles. The SMILES string of the molecule is Cc1cccc(N2CCN(CC(=O)Nc3cc(N)ccc3Cl)CC2)c1. The first kappa shape index (κ1) is 17.6. The van der Waals surface area contributed by atoms with Crippen LogP contribution >= 0.6 is 11.6 Å². The molecule has 6 heteroatoms. The van der Waals surface area contributed by atoms with Gasteiger partial charge in [0, 0.05) is 37.6 Å². The third kappa shape index (κ3) is 4.65. The Balaban J connectivity index is 1.52. The van der Waals surface area contributed by atoms with E-state index in [4.69, 9.17) is 17.3 Å². The monoisotopic (exact) mass is 358 g/mol. The van der Waals surface area contributed by atoms with Crippen LogP contribution in [0.3, 0.4) is 0 Å². The minimum atomic E-state index is -0.0727. The fourth-order valence-electron chi connectivity index (χ4n) is 3.02. The van der Waals surface area contributed by atoms with Crippen molar-refractivity contribution in [1.82, 2.24) is 4.90 Å². The van der Waals surface area contributed by atoms with Crippen LogP contribution in [0.15, 0.2) is 42.5 Å². The molecule has 2 aromatic carbocycles. The van der Waals surface area contributed by atoms with E-state index in [2.05, 4.69) is 46.3 Å². The van der Waals surface area contributed by atoms with Gasteiger partial charge in [-0.25, -0.2) is 0 Å². The summed E-state index contributed by atoms with van der Waals surface area (Å²) in [7, 11) is 0. The summed E-state index contributed by atoms with van der Waals surface area (Å²) in [5, 5.41) is 3.33. The highest BCUT2D eigenvalue weighted by Crippen LogP contribution is 2.24. The lowest BCUT2D eigenvalue weighted by Gasteiger charge is -2.35. The maximum atomic E-state index is 12.3. The lowest BCUT2D eigenvalue weighted by atomic mass is 10.2. The van der Waals surface area contributed by atoms with Gasteiger partial charge in [0.15, 0.2) is 0 Å². The number of halogens is 1. The number of carbonyl (C=O) groups excluding carboxylic acids is 1. The van der Waals surface area contributed by atoms with Gasteiger partial charge in [0.25, 0.3) is 0 Å². The number of nitrogens with two attached hydrogens (primary N) is 1. The van der Waals surface area contributed by atoms with Crippen molar-refractivity contribution in [2.45, 2.75) is 6.92 Å². The number of nitrogen functional groups attached to an aromatic ring is 1. The maximum absolute atomic E-state index is 12.3. The first-order valence-corrected chi connectivity index (χ1v) is 8.78. The molecule has 0 aliphatic carbocycles. The van der Waals surface area contributed by atoms with Gasteiger partial charge < -0.3 is 16.0 Å². The van der Waals surface area contributed by atoms with Crippen molar-refractivity contribution in [2.24, 2.45) is 0 Å². The fourth-order valence-corrected chi connectivity index (χ4v) is 3.19. The Morgan fingerprint density at radius 3 is 2.64 bits per heavy atom. The number of rotatable bonds is 4. The normalized spacial score (nSPS) is 15.2. The smallest absolute Gasteiger partial charge is 0.238 e. The average molecular weight is 359 g/mol. The van der Waals surface area contributed by atoms with E-state index in [1.807, 2.05) is 0 Å². The highest BCUT2D eigenvalue weighted by atomic mass is 35.5. The topological polar surface area (TPSA) is 61.6 Å². The Morgan fingerprint density at radius 1 is 1.16 bits per heavy atom. The van der Waals surface area contributed by atoms with Crippen LogP contribution < -0.4 is 16.0 Å². The molecule has 0 radical (unpaired) electrons. The molecule has 3 rings (SSSR count). The number of nitrogens with zero attached hydrogens (tertiary/aromatic N) is 2. The van der Waals surface area contributed by atoms with Gasteiger partial charge in [-0.15, -0.1) is 0 Å². The largest absolute Gasteiger partial charge is 0.399 e. The van der Waals surface area contributed by atoms with Crippen molar-refractivity contribution in [3.8, 4) is 0 Å². The third-order valence-electron chi connectivity index (χ3n) is 4.37. The molecule has 3 N–H and O–H groups in total. The van der Waals surface area contributed by atoms with Gasteiger partial charge in [0.05, 0.1) is 17.3 Å². The Morgan fingerprint density at radius 2 is 1.92 bits per heavy atom. The first-order valence-electron chi connectivity index (χ1n) is 8.40. The molecule has 1 aliphatic heterocycles. The van der Waals surface area contributed by atoms with Crippen LogP contribution in [0.2, 0.25) is 5.02 Å². The maximum Gasteiger partial charge on any atom is 0.238 e. The van der Waals surface area contributed by atoms with Crippen LogP contribution in [0.1, 0.15) is 5.56 Å². The van der Waals surface area contributed by atoms with Gasteiger partial charge in [-0.05, 0) is 42.8 Å². The molecule has 0 spiro atoms. The zero-order valence-corrected chi connectivity index (χ0v) is 15.1. The summed E-state index contributed by atoms with van der Waals surface area (Å²) in [5.74, 6) is -0.0727.